The van der Waals surface area contributed by atoms with Crippen LogP contribution in [-0.2, 0) is 11.2 Å². The van der Waals surface area contributed by atoms with Crippen LogP contribution >= 0.6 is 0 Å². The van der Waals surface area contributed by atoms with Crippen molar-refractivity contribution in [2.75, 3.05) is 16.3 Å². The van der Waals surface area contributed by atoms with E-state index in [0.717, 1.165) is 17.8 Å². The number of carbonyl (C=O) groups is 2. The lowest BCUT2D eigenvalue weighted by molar-refractivity contribution is -0.117. The number of benzene rings is 2. The van der Waals surface area contributed by atoms with E-state index in [1.165, 1.54) is 5.56 Å². The van der Waals surface area contributed by atoms with Crippen LogP contribution in [0.4, 0.5) is 16.2 Å². The predicted octanol–water partition coefficient (Wildman–Crippen LogP) is 2.95. The van der Waals surface area contributed by atoms with Crippen molar-refractivity contribution in [1.82, 2.24) is 5.32 Å². The normalized spacial score (nSPS) is 22.2. The largest absolute Gasteiger partial charge is 0.333 e. The quantitative estimate of drug-likeness (QED) is 0.917. The van der Waals surface area contributed by atoms with Gasteiger partial charge in [-0.1, -0.05) is 36.4 Å². The molecule has 1 N–H and O–H groups in total. The van der Waals surface area contributed by atoms with Crippen molar-refractivity contribution in [1.29, 1.82) is 0 Å². The van der Waals surface area contributed by atoms with Crippen molar-refractivity contribution in [3.8, 4) is 0 Å². The zero-order chi connectivity index (χ0) is 17.4. The highest BCUT2D eigenvalue weighted by atomic mass is 16.2. The van der Waals surface area contributed by atoms with E-state index in [-0.39, 0.29) is 24.0 Å². The van der Waals surface area contributed by atoms with Crippen LogP contribution in [-0.4, -0.2) is 30.6 Å². The van der Waals surface area contributed by atoms with E-state index in [2.05, 4.69) is 18.3 Å². The fraction of sp³-hybridized carbons (Fsp3) is 0.300. The molecule has 0 aliphatic carbocycles. The number of rotatable bonds is 2. The lowest BCUT2D eigenvalue weighted by Gasteiger charge is -2.25. The number of nitrogens with one attached hydrogen (secondary N) is 1. The predicted molar refractivity (Wildman–Crippen MR) is 97.8 cm³/mol. The minimum absolute atomic E-state index is 0.0476. The van der Waals surface area contributed by atoms with Crippen LogP contribution in [0.3, 0.4) is 0 Å². The van der Waals surface area contributed by atoms with Gasteiger partial charge in [-0.25, -0.2) is 4.79 Å². The number of amides is 3. The van der Waals surface area contributed by atoms with E-state index in [4.69, 9.17) is 0 Å². The van der Waals surface area contributed by atoms with Gasteiger partial charge >= 0.3 is 6.03 Å². The Morgan fingerprint density at radius 2 is 1.76 bits per heavy atom. The third-order valence-corrected chi connectivity index (χ3v) is 4.95. The molecule has 0 spiro atoms. The summed E-state index contributed by atoms with van der Waals surface area (Å²) in [6.07, 6.45) is 1.20. The summed E-state index contributed by atoms with van der Waals surface area (Å²) in [6, 6.07) is 17.4. The molecule has 5 nitrogen and oxygen atoms in total. The third kappa shape index (κ3) is 2.86. The fourth-order valence-electron chi connectivity index (χ4n) is 3.78. The first-order valence-electron chi connectivity index (χ1n) is 8.66. The molecule has 4 rings (SSSR count). The molecule has 2 aromatic carbocycles. The molecular weight excluding hydrogens is 314 g/mol. The number of hydrogen-bond acceptors (Lipinski definition) is 2. The van der Waals surface area contributed by atoms with Gasteiger partial charge in [0.2, 0.25) is 5.91 Å². The lowest BCUT2D eigenvalue weighted by Crippen LogP contribution is -2.48. The number of urea groups is 1. The van der Waals surface area contributed by atoms with Crippen molar-refractivity contribution in [3.05, 3.63) is 60.2 Å². The van der Waals surface area contributed by atoms with E-state index >= 15 is 0 Å². The Morgan fingerprint density at radius 3 is 2.56 bits per heavy atom. The first kappa shape index (κ1) is 15.7. The summed E-state index contributed by atoms with van der Waals surface area (Å²) in [4.78, 5) is 28.7. The summed E-state index contributed by atoms with van der Waals surface area (Å²) in [7, 11) is 0. The summed E-state index contributed by atoms with van der Waals surface area (Å²) in [5.41, 5.74) is 3.04. The van der Waals surface area contributed by atoms with Gasteiger partial charge in [-0.3, -0.25) is 9.69 Å². The standard InChI is InChI=1S/C20H21N3O2/c1-14-11-15-7-5-6-10-18(15)23(14)20(25)21-16-12-19(24)22(13-16)17-8-3-2-4-9-17/h2-10,14,16H,11-13H2,1H3,(H,21,25)/t14-,16+/m0/s1. The van der Waals surface area contributed by atoms with Gasteiger partial charge in [0.25, 0.3) is 0 Å². The molecule has 0 bridgehead atoms. The molecule has 2 aliphatic heterocycles. The first-order chi connectivity index (χ1) is 12.1. The molecule has 2 aromatic rings. The molecule has 2 heterocycles. The van der Waals surface area contributed by atoms with Gasteiger partial charge in [0.05, 0.1) is 6.04 Å². The molecular formula is C20H21N3O2. The number of para-hydroxylation sites is 2. The molecule has 1 saturated heterocycles. The second-order valence-electron chi connectivity index (χ2n) is 6.74. The Kier molecular flexibility index (Phi) is 3.92. The Hall–Kier alpha value is -2.82. The van der Waals surface area contributed by atoms with E-state index < -0.39 is 0 Å². The molecule has 0 saturated carbocycles. The topological polar surface area (TPSA) is 52.7 Å². The molecule has 2 aliphatic rings. The number of hydrogen-bond donors (Lipinski definition) is 1. The highest BCUT2D eigenvalue weighted by molar-refractivity contribution is 5.99. The second-order valence-corrected chi connectivity index (χ2v) is 6.74. The number of fused-ring (bicyclic) bond motifs is 1. The number of anilines is 2. The first-order valence-corrected chi connectivity index (χ1v) is 8.66. The van der Waals surface area contributed by atoms with Gasteiger partial charge in [0.15, 0.2) is 0 Å². The van der Waals surface area contributed by atoms with Crippen LogP contribution in [0.25, 0.3) is 0 Å². The Labute approximate surface area is 147 Å². The van der Waals surface area contributed by atoms with Gasteiger partial charge in [-0.05, 0) is 37.1 Å². The zero-order valence-corrected chi connectivity index (χ0v) is 14.2. The van der Waals surface area contributed by atoms with Crippen molar-refractivity contribution in [2.45, 2.75) is 31.8 Å². The number of nitrogens with zero attached hydrogens (tertiary/aromatic N) is 2. The molecule has 0 unspecified atom stereocenters. The molecule has 0 aromatic heterocycles. The summed E-state index contributed by atoms with van der Waals surface area (Å²) < 4.78 is 0. The maximum absolute atomic E-state index is 12.8. The van der Waals surface area contributed by atoms with Crippen LogP contribution in [0.5, 0.6) is 0 Å². The maximum atomic E-state index is 12.8. The van der Waals surface area contributed by atoms with Gasteiger partial charge in [0, 0.05) is 30.4 Å². The second kappa shape index (κ2) is 6.24. The molecule has 25 heavy (non-hydrogen) atoms. The number of carbonyl (C=O) groups excluding carboxylic acids is 2. The fourth-order valence-corrected chi connectivity index (χ4v) is 3.78. The molecule has 0 radical (unpaired) electrons. The third-order valence-electron chi connectivity index (χ3n) is 4.95. The lowest BCUT2D eigenvalue weighted by atomic mass is 10.1. The Bertz CT molecular complexity index is 806. The monoisotopic (exact) mass is 335 g/mol. The summed E-state index contributed by atoms with van der Waals surface area (Å²) in [5, 5.41) is 3.05. The molecule has 5 heteroatoms. The van der Waals surface area contributed by atoms with Crippen molar-refractivity contribution in [2.24, 2.45) is 0 Å². The molecule has 1 fully saturated rings. The SMILES string of the molecule is C[C@H]1Cc2ccccc2N1C(=O)N[C@@H]1CC(=O)N(c2ccccc2)C1. The van der Waals surface area contributed by atoms with E-state index in [1.54, 1.807) is 4.90 Å². The minimum Gasteiger partial charge on any atom is -0.333 e. The van der Waals surface area contributed by atoms with Crippen LogP contribution in [0.1, 0.15) is 18.9 Å². The minimum atomic E-state index is -0.167. The van der Waals surface area contributed by atoms with Crippen molar-refractivity contribution < 1.29 is 9.59 Å². The highest BCUT2D eigenvalue weighted by Crippen LogP contribution is 2.32. The zero-order valence-electron chi connectivity index (χ0n) is 14.2. The van der Waals surface area contributed by atoms with Crippen molar-refractivity contribution in [3.63, 3.8) is 0 Å². The van der Waals surface area contributed by atoms with Crippen molar-refractivity contribution >= 4 is 23.3 Å². The summed E-state index contributed by atoms with van der Waals surface area (Å²) >= 11 is 0. The average Bonchev–Trinajstić information content (AvgIpc) is 3.14. The van der Waals surface area contributed by atoms with Crippen LogP contribution in [0, 0.1) is 0 Å². The summed E-state index contributed by atoms with van der Waals surface area (Å²) in [6.45, 7) is 2.56. The molecule has 2 atom stereocenters. The Balaban J connectivity index is 1.46. The van der Waals surface area contributed by atoms with Gasteiger partial charge < -0.3 is 10.2 Å². The molecule has 3 amide bonds. The van der Waals surface area contributed by atoms with E-state index in [9.17, 15) is 9.59 Å². The highest BCUT2D eigenvalue weighted by Gasteiger charge is 2.35. The van der Waals surface area contributed by atoms with Crippen LogP contribution < -0.4 is 15.1 Å². The van der Waals surface area contributed by atoms with E-state index in [0.29, 0.717) is 13.0 Å². The van der Waals surface area contributed by atoms with Gasteiger partial charge in [-0.15, -0.1) is 0 Å². The summed E-state index contributed by atoms with van der Waals surface area (Å²) in [5.74, 6) is 0.0476. The van der Waals surface area contributed by atoms with Crippen LogP contribution in [0.15, 0.2) is 54.6 Å². The van der Waals surface area contributed by atoms with Gasteiger partial charge in [0.1, 0.15) is 0 Å². The average molecular weight is 335 g/mol. The van der Waals surface area contributed by atoms with Gasteiger partial charge in [-0.2, -0.15) is 0 Å². The maximum Gasteiger partial charge on any atom is 0.322 e. The molecule has 128 valence electrons. The van der Waals surface area contributed by atoms with Crippen LogP contribution in [0.2, 0.25) is 0 Å². The Morgan fingerprint density at radius 1 is 1.04 bits per heavy atom. The van der Waals surface area contributed by atoms with E-state index in [1.807, 2.05) is 53.4 Å². The smallest absolute Gasteiger partial charge is 0.322 e.